The Hall–Kier alpha value is -1.67. The second-order valence-electron chi connectivity index (χ2n) is 5.95. The molecule has 23 heavy (non-hydrogen) atoms. The Morgan fingerprint density at radius 3 is 2.83 bits per heavy atom. The molecule has 8 heteroatoms. The molecule has 6 nitrogen and oxygen atoms in total. The number of nitrogens with zero attached hydrogens (tertiary/aromatic N) is 3. The van der Waals surface area contributed by atoms with Crippen LogP contribution < -0.4 is 5.56 Å². The maximum atomic E-state index is 12.4. The first-order valence-electron chi connectivity index (χ1n) is 7.62. The van der Waals surface area contributed by atoms with Crippen molar-refractivity contribution in [3.63, 3.8) is 0 Å². The number of thioether (sulfide) groups is 1. The summed E-state index contributed by atoms with van der Waals surface area (Å²) in [4.78, 5) is 26.4. The minimum atomic E-state index is -0.0621. The number of aryl methyl sites for hydroxylation is 2. The standard InChI is InChI=1S/C15H17N5OS2/c1-6-7(2)22-14-10(6)13(21)16-11(17-14)8(3)23-15-18-12(19-20-15)9-4-5-9/h8-9H,4-5H2,1-3H3,(H,16,17,21)(H,18,19,20). The lowest BCUT2D eigenvalue weighted by Crippen LogP contribution is -2.12. The predicted molar refractivity (Wildman–Crippen MR) is 92.3 cm³/mol. The molecule has 3 heterocycles. The number of hydrogen-bond acceptors (Lipinski definition) is 6. The third kappa shape index (κ3) is 2.70. The quantitative estimate of drug-likeness (QED) is 0.706. The van der Waals surface area contributed by atoms with Gasteiger partial charge in [0.1, 0.15) is 16.5 Å². The Morgan fingerprint density at radius 2 is 2.09 bits per heavy atom. The summed E-state index contributed by atoms with van der Waals surface area (Å²) in [5.74, 6) is 2.20. The van der Waals surface area contributed by atoms with Crippen LogP contribution in [0.5, 0.6) is 0 Å². The fourth-order valence-electron chi connectivity index (χ4n) is 2.53. The van der Waals surface area contributed by atoms with Crippen LogP contribution in [0.15, 0.2) is 9.95 Å². The van der Waals surface area contributed by atoms with Crippen LogP contribution in [-0.2, 0) is 0 Å². The molecule has 1 aliphatic rings. The molecule has 3 aromatic heterocycles. The highest BCUT2D eigenvalue weighted by atomic mass is 32.2. The van der Waals surface area contributed by atoms with Crippen molar-refractivity contribution >= 4 is 33.3 Å². The average Bonchev–Trinajstić information content (AvgIpc) is 3.19. The molecule has 0 spiro atoms. The molecule has 1 unspecified atom stereocenters. The second kappa shape index (κ2) is 5.45. The highest BCUT2D eigenvalue weighted by Crippen LogP contribution is 2.39. The van der Waals surface area contributed by atoms with Gasteiger partial charge in [-0.15, -0.1) is 16.4 Å². The van der Waals surface area contributed by atoms with Gasteiger partial charge in [0, 0.05) is 10.8 Å². The van der Waals surface area contributed by atoms with E-state index in [0.717, 1.165) is 21.1 Å². The first kappa shape index (κ1) is 14.9. The van der Waals surface area contributed by atoms with E-state index < -0.39 is 0 Å². The molecular weight excluding hydrogens is 330 g/mol. The van der Waals surface area contributed by atoms with Gasteiger partial charge in [-0.3, -0.25) is 9.89 Å². The number of H-pyrrole nitrogens is 2. The number of fused-ring (bicyclic) bond motifs is 1. The molecule has 4 rings (SSSR count). The number of aromatic amines is 2. The van der Waals surface area contributed by atoms with Crippen molar-refractivity contribution in [3.05, 3.63) is 32.4 Å². The van der Waals surface area contributed by atoms with Gasteiger partial charge in [0.2, 0.25) is 5.16 Å². The van der Waals surface area contributed by atoms with Gasteiger partial charge in [0.15, 0.2) is 0 Å². The minimum absolute atomic E-state index is 0.0161. The van der Waals surface area contributed by atoms with Gasteiger partial charge in [-0.25, -0.2) is 9.97 Å². The van der Waals surface area contributed by atoms with Crippen molar-refractivity contribution in [1.29, 1.82) is 0 Å². The number of aromatic nitrogens is 5. The molecule has 1 saturated carbocycles. The SMILES string of the molecule is Cc1sc2nc(C(C)Sc3n[nH]c(C4CC4)n3)[nH]c(=O)c2c1C. The van der Waals surface area contributed by atoms with Crippen LogP contribution in [0.4, 0.5) is 0 Å². The van der Waals surface area contributed by atoms with Crippen molar-refractivity contribution in [1.82, 2.24) is 25.1 Å². The van der Waals surface area contributed by atoms with Crippen LogP contribution in [0.1, 0.15) is 53.0 Å². The van der Waals surface area contributed by atoms with E-state index in [9.17, 15) is 4.79 Å². The monoisotopic (exact) mass is 347 g/mol. The van der Waals surface area contributed by atoms with Gasteiger partial charge in [0.25, 0.3) is 5.56 Å². The zero-order valence-electron chi connectivity index (χ0n) is 13.1. The van der Waals surface area contributed by atoms with Gasteiger partial charge in [0.05, 0.1) is 10.6 Å². The number of thiophene rings is 1. The van der Waals surface area contributed by atoms with E-state index >= 15 is 0 Å². The summed E-state index contributed by atoms with van der Waals surface area (Å²) in [7, 11) is 0. The van der Waals surface area contributed by atoms with Crippen molar-refractivity contribution in [2.24, 2.45) is 0 Å². The van der Waals surface area contributed by atoms with Crippen molar-refractivity contribution in [2.45, 2.75) is 49.9 Å². The van der Waals surface area contributed by atoms with Crippen LogP contribution >= 0.6 is 23.1 Å². The van der Waals surface area contributed by atoms with Crippen molar-refractivity contribution in [2.75, 3.05) is 0 Å². The van der Waals surface area contributed by atoms with E-state index in [1.807, 2.05) is 20.8 Å². The number of rotatable bonds is 4. The molecule has 0 radical (unpaired) electrons. The summed E-state index contributed by atoms with van der Waals surface area (Å²) in [6.07, 6.45) is 2.38. The third-order valence-electron chi connectivity index (χ3n) is 4.17. The number of hydrogen-bond donors (Lipinski definition) is 2. The Bertz CT molecular complexity index is 937. The van der Waals surface area contributed by atoms with Gasteiger partial charge in [-0.2, -0.15) is 0 Å². The minimum Gasteiger partial charge on any atom is -0.309 e. The van der Waals surface area contributed by atoms with E-state index in [4.69, 9.17) is 0 Å². The molecule has 1 atom stereocenters. The molecule has 2 N–H and O–H groups in total. The summed E-state index contributed by atoms with van der Waals surface area (Å²) in [5.41, 5.74) is 0.960. The first-order chi connectivity index (χ1) is 11.0. The van der Waals surface area contributed by atoms with E-state index in [-0.39, 0.29) is 10.8 Å². The highest BCUT2D eigenvalue weighted by Gasteiger charge is 2.27. The molecule has 120 valence electrons. The van der Waals surface area contributed by atoms with Crippen LogP contribution in [0.25, 0.3) is 10.2 Å². The maximum absolute atomic E-state index is 12.4. The van der Waals surface area contributed by atoms with Crippen molar-refractivity contribution < 1.29 is 0 Å². The largest absolute Gasteiger partial charge is 0.309 e. The maximum Gasteiger partial charge on any atom is 0.259 e. The summed E-state index contributed by atoms with van der Waals surface area (Å²) in [5, 5.41) is 8.66. The fourth-order valence-corrected chi connectivity index (χ4v) is 4.35. The molecule has 1 aliphatic carbocycles. The summed E-state index contributed by atoms with van der Waals surface area (Å²) >= 11 is 3.08. The Labute approximate surface area is 141 Å². The first-order valence-corrected chi connectivity index (χ1v) is 9.31. The van der Waals surface area contributed by atoms with Crippen LogP contribution in [0, 0.1) is 13.8 Å². The van der Waals surface area contributed by atoms with Gasteiger partial charge < -0.3 is 4.98 Å². The predicted octanol–water partition coefficient (Wildman–Crippen LogP) is 3.45. The fraction of sp³-hybridized carbons (Fsp3) is 0.467. The molecule has 0 aliphatic heterocycles. The smallest absolute Gasteiger partial charge is 0.259 e. The van der Waals surface area contributed by atoms with E-state index in [2.05, 4.69) is 25.1 Å². The average molecular weight is 347 g/mol. The molecule has 3 aromatic rings. The van der Waals surface area contributed by atoms with Gasteiger partial charge in [-0.1, -0.05) is 11.8 Å². The van der Waals surface area contributed by atoms with Crippen LogP contribution in [0.3, 0.4) is 0 Å². The molecule has 0 saturated heterocycles. The topological polar surface area (TPSA) is 87.3 Å². The third-order valence-corrected chi connectivity index (χ3v) is 6.24. The second-order valence-corrected chi connectivity index (χ2v) is 8.46. The van der Waals surface area contributed by atoms with Crippen molar-refractivity contribution in [3.8, 4) is 0 Å². The lowest BCUT2D eigenvalue weighted by Gasteiger charge is -2.07. The van der Waals surface area contributed by atoms with E-state index in [1.54, 1.807) is 11.3 Å². The molecule has 1 fully saturated rings. The summed E-state index contributed by atoms with van der Waals surface area (Å²) in [6.45, 7) is 6.00. The normalized spacial score (nSPS) is 16.1. The molecule has 0 amide bonds. The summed E-state index contributed by atoms with van der Waals surface area (Å²) < 4.78 is 0. The zero-order chi connectivity index (χ0) is 16.1. The van der Waals surface area contributed by atoms with E-state index in [0.29, 0.717) is 22.3 Å². The van der Waals surface area contributed by atoms with Gasteiger partial charge >= 0.3 is 0 Å². The molecule has 0 bridgehead atoms. The molecular formula is C15H17N5OS2. The number of nitrogens with one attached hydrogen (secondary N) is 2. The highest BCUT2D eigenvalue weighted by molar-refractivity contribution is 7.99. The Kier molecular flexibility index (Phi) is 3.53. The zero-order valence-corrected chi connectivity index (χ0v) is 14.8. The van der Waals surface area contributed by atoms with E-state index in [1.165, 1.54) is 24.6 Å². The Morgan fingerprint density at radius 1 is 1.30 bits per heavy atom. The lowest BCUT2D eigenvalue weighted by atomic mass is 10.2. The lowest BCUT2D eigenvalue weighted by molar-refractivity contribution is 0.905. The van der Waals surface area contributed by atoms with Crippen LogP contribution in [-0.4, -0.2) is 25.1 Å². The Balaban J connectivity index is 1.63. The van der Waals surface area contributed by atoms with Crippen LogP contribution in [0.2, 0.25) is 0 Å². The van der Waals surface area contributed by atoms with Gasteiger partial charge in [-0.05, 0) is 39.2 Å². The summed E-state index contributed by atoms with van der Waals surface area (Å²) in [6, 6.07) is 0. The molecule has 0 aromatic carbocycles.